The summed E-state index contributed by atoms with van der Waals surface area (Å²) in [6.45, 7) is 8.41. The minimum Gasteiger partial charge on any atom is -0.336 e. The second-order valence-corrected chi connectivity index (χ2v) is 6.23. The molecule has 1 saturated heterocycles. The summed E-state index contributed by atoms with van der Waals surface area (Å²) in [6, 6.07) is 10.0. The van der Waals surface area contributed by atoms with E-state index in [0.717, 1.165) is 38.3 Å². The van der Waals surface area contributed by atoms with E-state index in [0.29, 0.717) is 0 Å². The van der Waals surface area contributed by atoms with Crippen molar-refractivity contribution in [3.63, 3.8) is 0 Å². The Morgan fingerprint density at radius 3 is 2.52 bits per heavy atom. The average molecular weight is 309 g/mol. The van der Waals surface area contributed by atoms with Gasteiger partial charge >= 0.3 is 0 Å². The predicted octanol–water partition coefficient (Wildman–Crippen LogP) is 2.66. The van der Waals surface area contributed by atoms with Gasteiger partial charge in [0.2, 0.25) is 0 Å². The van der Waals surface area contributed by atoms with Gasteiger partial charge in [-0.25, -0.2) is 0 Å². The quantitative estimate of drug-likeness (QED) is 0.874. The number of amides is 1. The van der Waals surface area contributed by atoms with Crippen molar-refractivity contribution in [3.05, 3.63) is 65.0 Å². The van der Waals surface area contributed by atoms with E-state index in [1.165, 1.54) is 16.7 Å². The van der Waals surface area contributed by atoms with Gasteiger partial charge in [-0.05, 0) is 48.7 Å². The zero-order valence-electron chi connectivity index (χ0n) is 13.8. The van der Waals surface area contributed by atoms with Gasteiger partial charge in [0, 0.05) is 50.7 Å². The Morgan fingerprint density at radius 1 is 1.09 bits per heavy atom. The van der Waals surface area contributed by atoms with Gasteiger partial charge in [-0.3, -0.25) is 14.7 Å². The van der Waals surface area contributed by atoms with Gasteiger partial charge in [-0.15, -0.1) is 0 Å². The summed E-state index contributed by atoms with van der Waals surface area (Å²) < 4.78 is 0. The Morgan fingerprint density at radius 2 is 1.87 bits per heavy atom. The highest BCUT2D eigenvalue weighted by Crippen LogP contribution is 2.14. The SMILES string of the molecule is Cc1ccc(C(=O)N2CCN(Cc3cccnc3)CC2)cc1C. The van der Waals surface area contributed by atoms with Gasteiger partial charge < -0.3 is 4.90 Å². The summed E-state index contributed by atoms with van der Waals surface area (Å²) >= 11 is 0. The molecule has 0 spiro atoms. The maximum Gasteiger partial charge on any atom is 0.253 e. The molecular formula is C19H23N3O. The molecule has 1 aliphatic rings. The Kier molecular flexibility index (Phi) is 4.72. The number of carbonyl (C=O) groups is 1. The molecule has 0 bridgehead atoms. The average Bonchev–Trinajstić information content (AvgIpc) is 2.58. The summed E-state index contributed by atoms with van der Waals surface area (Å²) in [5.41, 5.74) is 4.42. The van der Waals surface area contributed by atoms with Crippen molar-refractivity contribution in [2.75, 3.05) is 26.2 Å². The summed E-state index contributed by atoms with van der Waals surface area (Å²) in [4.78, 5) is 21.1. The van der Waals surface area contributed by atoms with E-state index in [-0.39, 0.29) is 5.91 Å². The standard InChI is InChI=1S/C19H23N3O/c1-15-5-6-18(12-16(15)2)19(23)22-10-8-21(9-11-22)14-17-4-3-7-20-13-17/h3-7,12-13H,8-11,14H2,1-2H3. The van der Waals surface area contributed by atoms with Crippen molar-refractivity contribution in [3.8, 4) is 0 Å². The number of rotatable bonds is 3. The molecule has 1 aromatic heterocycles. The van der Waals surface area contributed by atoms with Crippen LogP contribution in [0.3, 0.4) is 0 Å². The minimum absolute atomic E-state index is 0.147. The van der Waals surface area contributed by atoms with Crippen molar-refractivity contribution in [1.82, 2.24) is 14.8 Å². The lowest BCUT2D eigenvalue weighted by Crippen LogP contribution is -2.48. The molecule has 1 amide bonds. The van der Waals surface area contributed by atoms with E-state index in [1.54, 1.807) is 6.20 Å². The Hall–Kier alpha value is -2.20. The number of pyridine rings is 1. The predicted molar refractivity (Wildman–Crippen MR) is 91.3 cm³/mol. The third-order valence-electron chi connectivity index (χ3n) is 4.54. The highest BCUT2D eigenvalue weighted by Gasteiger charge is 2.22. The van der Waals surface area contributed by atoms with Crippen molar-refractivity contribution in [2.24, 2.45) is 0 Å². The second kappa shape index (κ2) is 6.92. The lowest BCUT2D eigenvalue weighted by Gasteiger charge is -2.34. The van der Waals surface area contributed by atoms with Crippen LogP contribution in [-0.2, 0) is 6.54 Å². The first-order valence-corrected chi connectivity index (χ1v) is 8.11. The first-order chi connectivity index (χ1) is 11.1. The molecule has 2 heterocycles. The van der Waals surface area contributed by atoms with Gasteiger partial charge in [0.15, 0.2) is 0 Å². The Bertz CT molecular complexity index is 676. The molecular weight excluding hydrogens is 286 g/mol. The molecule has 2 aromatic rings. The fourth-order valence-electron chi connectivity index (χ4n) is 2.92. The monoisotopic (exact) mass is 309 g/mol. The number of carbonyl (C=O) groups excluding carboxylic acids is 1. The van der Waals surface area contributed by atoms with Crippen LogP contribution in [0.1, 0.15) is 27.0 Å². The van der Waals surface area contributed by atoms with Crippen molar-refractivity contribution >= 4 is 5.91 Å². The summed E-state index contributed by atoms with van der Waals surface area (Å²) in [6.07, 6.45) is 3.70. The molecule has 4 nitrogen and oxygen atoms in total. The molecule has 23 heavy (non-hydrogen) atoms. The smallest absolute Gasteiger partial charge is 0.253 e. The zero-order valence-corrected chi connectivity index (χ0v) is 13.8. The number of aromatic nitrogens is 1. The molecule has 0 radical (unpaired) electrons. The van der Waals surface area contributed by atoms with Crippen LogP contribution < -0.4 is 0 Å². The zero-order chi connectivity index (χ0) is 16.2. The van der Waals surface area contributed by atoms with Crippen LogP contribution in [0.15, 0.2) is 42.7 Å². The van der Waals surface area contributed by atoms with Gasteiger partial charge in [-0.2, -0.15) is 0 Å². The molecule has 0 N–H and O–H groups in total. The van der Waals surface area contributed by atoms with E-state index < -0.39 is 0 Å². The third-order valence-corrected chi connectivity index (χ3v) is 4.54. The van der Waals surface area contributed by atoms with Crippen molar-refractivity contribution in [2.45, 2.75) is 20.4 Å². The first kappa shape index (κ1) is 15.7. The van der Waals surface area contributed by atoms with E-state index >= 15 is 0 Å². The Balaban J connectivity index is 1.58. The molecule has 0 saturated carbocycles. The van der Waals surface area contributed by atoms with E-state index in [4.69, 9.17) is 0 Å². The molecule has 3 rings (SSSR count). The van der Waals surface area contributed by atoms with Crippen LogP contribution in [0.2, 0.25) is 0 Å². The number of hydrogen-bond donors (Lipinski definition) is 0. The van der Waals surface area contributed by atoms with Gasteiger partial charge in [0.05, 0.1) is 0 Å². The van der Waals surface area contributed by atoms with Crippen LogP contribution >= 0.6 is 0 Å². The fourth-order valence-corrected chi connectivity index (χ4v) is 2.92. The summed E-state index contributed by atoms with van der Waals surface area (Å²) in [7, 11) is 0. The van der Waals surface area contributed by atoms with Crippen LogP contribution in [0, 0.1) is 13.8 Å². The first-order valence-electron chi connectivity index (χ1n) is 8.11. The maximum absolute atomic E-state index is 12.6. The summed E-state index contributed by atoms with van der Waals surface area (Å²) in [5, 5.41) is 0. The molecule has 0 aliphatic carbocycles. The maximum atomic E-state index is 12.6. The number of piperazine rings is 1. The number of aryl methyl sites for hydroxylation is 2. The normalized spacial score (nSPS) is 15.7. The van der Waals surface area contributed by atoms with Gasteiger partial charge in [0.25, 0.3) is 5.91 Å². The van der Waals surface area contributed by atoms with Crippen LogP contribution in [0.5, 0.6) is 0 Å². The number of hydrogen-bond acceptors (Lipinski definition) is 3. The van der Waals surface area contributed by atoms with Gasteiger partial charge in [-0.1, -0.05) is 12.1 Å². The highest BCUT2D eigenvalue weighted by molar-refractivity contribution is 5.94. The molecule has 0 atom stereocenters. The molecule has 4 heteroatoms. The Labute approximate surface area is 137 Å². The second-order valence-electron chi connectivity index (χ2n) is 6.23. The molecule has 1 aromatic carbocycles. The molecule has 1 fully saturated rings. The minimum atomic E-state index is 0.147. The van der Waals surface area contributed by atoms with E-state index in [1.807, 2.05) is 35.4 Å². The topological polar surface area (TPSA) is 36.4 Å². The van der Waals surface area contributed by atoms with Crippen LogP contribution in [0.4, 0.5) is 0 Å². The van der Waals surface area contributed by atoms with Crippen LogP contribution in [-0.4, -0.2) is 46.9 Å². The van der Waals surface area contributed by atoms with E-state index in [9.17, 15) is 4.79 Å². The number of benzene rings is 1. The summed E-state index contributed by atoms with van der Waals surface area (Å²) in [5.74, 6) is 0.147. The molecule has 1 aliphatic heterocycles. The van der Waals surface area contributed by atoms with Crippen molar-refractivity contribution < 1.29 is 4.79 Å². The highest BCUT2D eigenvalue weighted by atomic mass is 16.2. The van der Waals surface area contributed by atoms with Crippen LogP contribution in [0.25, 0.3) is 0 Å². The lowest BCUT2D eigenvalue weighted by atomic mass is 10.1. The van der Waals surface area contributed by atoms with E-state index in [2.05, 4.69) is 29.8 Å². The third kappa shape index (κ3) is 3.77. The molecule has 120 valence electrons. The van der Waals surface area contributed by atoms with Gasteiger partial charge in [0.1, 0.15) is 0 Å². The number of nitrogens with zero attached hydrogens (tertiary/aromatic N) is 3. The fraction of sp³-hybridized carbons (Fsp3) is 0.368. The largest absolute Gasteiger partial charge is 0.336 e. The molecule has 0 unspecified atom stereocenters. The van der Waals surface area contributed by atoms with Crippen molar-refractivity contribution in [1.29, 1.82) is 0 Å². The lowest BCUT2D eigenvalue weighted by molar-refractivity contribution is 0.0628.